The molecule has 2 aliphatic rings. The van der Waals surface area contributed by atoms with Gasteiger partial charge < -0.3 is 14.9 Å². The van der Waals surface area contributed by atoms with Crippen LogP contribution in [-0.2, 0) is 4.79 Å². The minimum atomic E-state index is -0.718. The van der Waals surface area contributed by atoms with E-state index in [1.807, 2.05) is 16.7 Å². The number of rotatable bonds is 5. The highest BCUT2D eigenvalue weighted by molar-refractivity contribution is 5.75. The molecular formula is C14H24N2O3. The van der Waals surface area contributed by atoms with Crippen molar-refractivity contribution in [1.82, 2.24) is 9.80 Å². The van der Waals surface area contributed by atoms with Crippen molar-refractivity contribution in [3.05, 3.63) is 0 Å². The quantitative estimate of drug-likeness (QED) is 0.831. The van der Waals surface area contributed by atoms with Gasteiger partial charge in [-0.25, -0.2) is 4.79 Å². The van der Waals surface area contributed by atoms with Gasteiger partial charge >= 0.3 is 12.0 Å². The van der Waals surface area contributed by atoms with Gasteiger partial charge in [0.15, 0.2) is 0 Å². The number of piperidine rings is 1. The van der Waals surface area contributed by atoms with E-state index in [1.54, 1.807) is 0 Å². The summed E-state index contributed by atoms with van der Waals surface area (Å²) in [6, 6.07) is 0.656. The molecule has 0 aromatic carbocycles. The second kappa shape index (κ2) is 6.26. The second-order valence-electron chi connectivity index (χ2n) is 5.66. The Kier molecular flexibility index (Phi) is 4.66. The zero-order valence-corrected chi connectivity index (χ0v) is 11.7. The van der Waals surface area contributed by atoms with Gasteiger partial charge in [-0.05, 0) is 44.9 Å². The second-order valence-corrected chi connectivity index (χ2v) is 5.66. The first-order valence-electron chi connectivity index (χ1n) is 7.39. The summed E-state index contributed by atoms with van der Waals surface area (Å²) >= 11 is 0. The maximum atomic E-state index is 12.3. The Labute approximate surface area is 114 Å². The molecule has 19 heavy (non-hydrogen) atoms. The molecule has 0 aromatic rings. The minimum absolute atomic E-state index is 0.182. The summed E-state index contributed by atoms with van der Waals surface area (Å²) in [5.74, 6) is -0.249. The molecule has 2 rings (SSSR count). The largest absolute Gasteiger partial charge is 0.481 e. The number of carboxylic acid groups (broad SMARTS) is 1. The third kappa shape index (κ3) is 3.85. The van der Waals surface area contributed by atoms with Crippen molar-refractivity contribution in [2.24, 2.45) is 5.92 Å². The lowest BCUT2D eigenvalue weighted by Gasteiger charge is -2.35. The third-order valence-electron chi connectivity index (χ3n) is 4.23. The minimum Gasteiger partial charge on any atom is -0.481 e. The van der Waals surface area contributed by atoms with Gasteiger partial charge in [-0.2, -0.15) is 0 Å². The Morgan fingerprint density at radius 2 is 1.84 bits per heavy atom. The summed E-state index contributed by atoms with van der Waals surface area (Å²) in [6.45, 7) is 4.40. The van der Waals surface area contributed by atoms with E-state index in [1.165, 1.54) is 0 Å². The van der Waals surface area contributed by atoms with Crippen LogP contribution in [0.2, 0.25) is 0 Å². The van der Waals surface area contributed by atoms with Crippen LogP contribution in [0, 0.1) is 5.92 Å². The molecule has 1 heterocycles. The van der Waals surface area contributed by atoms with Crippen LogP contribution >= 0.6 is 0 Å². The van der Waals surface area contributed by atoms with Crippen LogP contribution in [0.5, 0.6) is 0 Å². The van der Waals surface area contributed by atoms with Crippen molar-refractivity contribution < 1.29 is 14.7 Å². The molecule has 0 bridgehead atoms. The van der Waals surface area contributed by atoms with Gasteiger partial charge in [-0.15, -0.1) is 0 Å². The van der Waals surface area contributed by atoms with E-state index in [9.17, 15) is 9.59 Å². The van der Waals surface area contributed by atoms with Gasteiger partial charge in [0.2, 0.25) is 0 Å². The van der Waals surface area contributed by atoms with Crippen LogP contribution < -0.4 is 0 Å². The van der Waals surface area contributed by atoms with Gasteiger partial charge in [0, 0.05) is 32.1 Å². The zero-order valence-electron chi connectivity index (χ0n) is 11.7. The standard InChI is InChI=1S/C14H24N2O3/c1-2-16(12-4-5-12)14(19)15-9-7-11(8-10-15)3-6-13(17)18/h11-12H,2-10H2,1H3,(H,17,18). The summed E-state index contributed by atoms with van der Waals surface area (Å²) in [6.07, 6.45) is 5.19. The number of likely N-dealkylation sites (tertiary alicyclic amines) is 1. The van der Waals surface area contributed by atoms with Gasteiger partial charge in [-0.3, -0.25) is 4.79 Å². The van der Waals surface area contributed by atoms with Crippen molar-refractivity contribution in [3.63, 3.8) is 0 Å². The number of nitrogens with zero attached hydrogens (tertiary/aromatic N) is 2. The number of carboxylic acids is 1. The Bertz CT molecular complexity index is 334. The van der Waals surface area contributed by atoms with Crippen LogP contribution in [0.25, 0.3) is 0 Å². The van der Waals surface area contributed by atoms with E-state index in [0.29, 0.717) is 12.0 Å². The Balaban J connectivity index is 1.75. The fraction of sp³-hybridized carbons (Fsp3) is 0.857. The van der Waals surface area contributed by atoms with Crippen molar-refractivity contribution in [1.29, 1.82) is 0 Å². The SMILES string of the molecule is CCN(C(=O)N1CCC(CCC(=O)O)CC1)C1CC1. The summed E-state index contributed by atoms with van der Waals surface area (Å²) in [7, 11) is 0. The van der Waals surface area contributed by atoms with Crippen LogP contribution in [-0.4, -0.2) is 52.6 Å². The molecule has 1 saturated heterocycles. The van der Waals surface area contributed by atoms with Gasteiger partial charge in [0.05, 0.1) is 0 Å². The van der Waals surface area contributed by atoms with E-state index < -0.39 is 5.97 Å². The zero-order chi connectivity index (χ0) is 13.8. The van der Waals surface area contributed by atoms with Crippen LogP contribution in [0.3, 0.4) is 0 Å². The Morgan fingerprint density at radius 1 is 1.21 bits per heavy atom. The van der Waals surface area contributed by atoms with Crippen molar-refractivity contribution in [2.45, 2.75) is 51.5 Å². The number of hydrogen-bond donors (Lipinski definition) is 1. The molecule has 0 spiro atoms. The molecule has 5 heteroatoms. The molecule has 0 unspecified atom stereocenters. The van der Waals surface area contributed by atoms with Crippen LogP contribution in [0.15, 0.2) is 0 Å². The highest BCUT2D eigenvalue weighted by atomic mass is 16.4. The first-order valence-corrected chi connectivity index (χ1v) is 7.39. The molecule has 5 nitrogen and oxygen atoms in total. The molecule has 1 aliphatic carbocycles. The van der Waals surface area contributed by atoms with Gasteiger partial charge in [0.25, 0.3) is 0 Å². The summed E-state index contributed by atoms with van der Waals surface area (Å²) in [5.41, 5.74) is 0. The molecule has 2 fully saturated rings. The number of aliphatic carboxylic acids is 1. The predicted octanol–water partition coefficient (Wildman–Crippen LogP) is 2.17. The Hall–Kier alpha value is -1.26. The Morgan fingerprint density at radius 3 is 2.32 bits per heavy atom. The first kappa shape index (κ1) is 14.2. The lowest BCUT2D eigenvalue weighted by Crippen LogP contribution is -2.47. The van der Waals surface area contributed by atoms with E-state index in [0.717, 1.165) is 51.7 Å². The molecule has 1 aliphatic heterocycles. The molecule has 2 amide bonds. The first-order chi connectivity index (χ1) is 9.11. The number of amides is 2. The maximum absolute atomic E-state index is 12.3. The molecular weight excluding hydrogens is 244 g/mol. The van der Waals surface area contributed by atoms with E-state index in [4.69, 9.17) is 5.11 Å². The van der Waals surface area contributed by atoms with Crippen molar-refractivity contribution >= 4 is 12.0 Å². The van der Waals surface area contributed by atoms with Crippen molar-refractivity contribution in [3.8, 4) is 0 Å². The molecule has 0 radical (unpaired) electrons. The molecule has 0 aromatic heterocycles. The fourth-order valence-corrected chi connectivity index (χ4v) is 2.86. The number of carbonyl (C=O) groups is 2. The molecule has 1 saturated carbocycles. The molecule has 0 atom stereocenters. The predicted molar refractivity (Wildman–Crippen MR) is 72.0 cm³/mol. The topological polar surface area (TPSA) is 60.9 Å². The van der Waals surface area contributed by atoms with Gasteiger partial charge in [0.1, 0.15) is 0 Å². The summed E-state index contributed by atoms with van der Waals surface area (Å²) in [4.78, 5) is 26.8. The average Bonchev–Trinajstić information content (AvgIpc) is 3.22. The normalized spacial score (nSPS) is 20.4. The van der Waals surface area contributed by atoms with Gasteiger partial charge in [-0.1, -0.05) is 0 Å². The monoisotopic (exact) mass is 268 g/mol. The smallest absolute Gasteiger partial charge is 0.320 e. The van der Waals surface area contributed by atoms with E-state index in [2.05, 4.69) is 0 Å². The maximum Gasteiger partial charge on any atom is 0.320 e. The van der Waals surface area contributed by atoms with Crippen molar-refractivity contribution in [2.75, 3.05) is 19.6 Å². The van der Waals surface area contributed by atoms with E-state index >= 15 is 0 Å². The highest BCUT2D eigenvalue weighted by Crippen LogP contribution is 2.29. The lowest BCUT2D eigenvalue weighted by atomic mass is 9.92. The molecule has 1 N–H and O–H groups in total. The summed E-state index contributed by atoms with van der Waals surface area (Å²) in [5, 5.41) is 8.69. The van der Waals surface area contributed by atoms with E-state index in [-0.39, 0.29) is 12.5 Å². The number of carbonyl (C=O) groups excluding carboxylic acids is 1. The van der Waals surface area contributed by atoms with Crippen LogP contribution in [0.4, 0.5) is 4.79 Å². The average molecular weight is 268 g/mol. The lowest BCUT2D eigenvalue weighted by molar-refractivity contribution is -0.137. The summed E-state index contributed by atoms with van der Waals surface area (Å²) < 4.78 is 0. The highest BCUT2D eigenvalue weighted by Gasteiger charge is 2.34. The third-order valence-corrected chi connectivity index (χ3v) is 4.23. The van der Waals surface area contributed by atoms with Crippen LogP contribution in [0.1, 0.15) is 45.4 Å². The fourth-order valence-electron chi connectivity index (χ4n) is 2.86. The molecule has 108 valence electrons. The number of hydrogen-bond acceptors (Lipinski definition) is 2. The number of urea groups is 1.